The summed E-state index contributed by atoms with van der Waals surface area (Å²) >= 11 is 0. The maximum atomic E-state index is 6.04. The zero-order valence-corrected chi connectivity index (χ0v) is 12.5. The summed E-state index contributed by atoms with van der Waals surface area (Å²) in [5.41, 5.74) is 7.34. The van der Waals surface area contributed by atoms with Crippen LogP contribution in [0.4, 0.5) is 0 Å². The summed E-state index contributed by atoms with van der Waals surface area (Å²) in [7, 11) is 1.76. The van der Waals surface area contributed by atoms with Crippen LogP contribution in [0.3, 0.4) is 0 Å². The zero-order chi connectivity index (χ0) is 14.1. The number of rotatable bonds is 9. The second kappa shape index (κ2) is 9.08. The van der Waals surface area contributed by atoms with E-state index in [0.717, 1.165) is 26.0 Å². The summed E-state index contributed by atoms with van der Waals surface area (Å²) in [5, 5.41) is 0. The molecular weight excluding hydrogens is 236 g/mol. The predicted octanol–water partition coefficient (Wildman–Crippen LogP) is 2.82. The molecule has 2 N–H and O–H groups in total. The highest BCUT2D eigenvalue weighted by atomic mass is 16.5. The van der Waals surface area contributed by atoms with Gasteiger partial charge in [-0.25, -0.2) is 0 Å². The fourth-order valence-corrected chi connectivity index (χ4v) is 2.69. The van der Waals surface area contributed by atoms with Gasteiger partial charge in [0.1, 0.15) is 0 Å². The molecule has 0 fully saturated rings. The molecule has 3 nitrogen and oxygen atoms in total. The third kappa shape index (κ3) is 4.60. The Morgan fingerprint density at radius 3 is 2.26 bits per heavy atom. The van der Waals surface area contributed by atoms with Gasteiger partial charge in [-0.2, -0.15) is 0 Å². The first kappa shape index (κ1) is 16.2. The van der Waals surface area contributed by atoms with Crippen LogP contribution in [0.5, 0.6) is 0 Å². The van der Waals surface area contributed by atoms with Crippen LogP contribution < -0.4 is 5.73 Å². The predicted molar refractivity (Wildman–Crippen MR) is 81.2 cm³/mol. The van der Waals surface area contributed by atoms with Crippen LogP contribution in [0.2, 0.25) is 0 Å². The van der Waals surface area contributed by atoms with Crippen molar-refractivity contribution in [2.75, 3.05) is 26.8 Å². The first-order valence-corrected chi connectivity index (χ1v) is 7.28. The molecule has 0 heterocycles. The van der Waals surface area contributed by atoms with E-state index in [0.29, 0.717) is 12.6 Å². The van der Waals surface area contributed by atoms with Gasteiger partial charge in [0.25, 0.3) is 0 Å². The summed E-state index contributed by atoms with van der Waals surface area (Å²) in [5.74, 6) is 0. The van der Waals surface area contributed by atoms with Crippen molar-refractivity contribution in [3.05, 3.63) is 35.9 Å². The van der Waals surface area contributed by atoms with E-state index in [4.69, 9.17) is 10.5 Å². The van der Waals surface area contributed by atoms with Crippen LogP contribution in [0.25, 0.3) is 0 Å². The number of hydrogen-bond acceptors (Lipinski definition) is 3. The Kier molecular flexibility index (Phi) is 7.72. The summed E-state index contributed by atoms with van der Waals surface area (Å²) in [6.45, 7) is 6.81. The minimum atomic E-state index is 0.279. The van der Waals surface area contributed by atoms with Gasteiger partial charge in [-0.3, -0.25) is 4.90 Å². The van der Waals surface area contributed by atoms with E-state index in [9.17, 15) is 0 Å². The molecule has 0 aromatic heterocycles. The monoisotopic (exact) mass is 264 g/mol. The third-order valence-corrected chi connectivity index (χ3v) is 3.77. The molecule has 1 aromatic rings. The molecule has 0 amide bonds. The number of nitrogens with zero attached hydrogens (tertiary/aromatic N) is 1. The van der Waals surface area contributed by atoms with Gasteiger partial charge in [-0.1, -0.05) is 44.2 Å². The van der Waals surface area contributed by atoms with Gasteiger partial charge in [0.05, 0.1) is 6.61 Å². The van der Waals surface area contributed by atoms with Crippen molar-refractivity contribution in [2.45, 2.75) is 38.8 Å². The van der Waals surface area contributed by atoms with Crippen molar-refractivity contribution in [3.8, 4) is 0 Å². The van der Waals surface area contributed by atoms with E-state index < -0.39 is 0 Å². The highest BCUT2D eigenvalue weighted by molar-refractivity contribution is 5.19. The smallest absolute Gasteiger partial charge is 0.0590 e. The summed E-state index contributed by atoms with van der Waals surface area (Å²) < 4.78 is 5.26. The average molecular weight is 264 g/mol. The number of ether oxygens (including phenoxy) is 1. The fourth-order valence-electron chi connectivity index (χ4n) is 2.69. The minimum absolute atomic E-state index is 0.279. The van der Waals surface area contributed by atoms with Crippen LogP contribution in [0, 0.1) is 0 Å². The van der Waals surface area contributed by atoms with Crippen LogP contribution in [-0.2, 0) is 4.74 Å². The molecule has 0 aliphatic rings. The van der Waals surface area contributed by atoms with Gasteiger partial charge < -0.3 is 10.5 Å². The summed E-state index contributed by atoms with van der Waals surface area (Å²) in [6.07, 6.45) is 2.28. The Morgan fingerprint density at radius 2 is 1.79 bits per heavy atom. The second-order valence-corrected chi connectivity index (χ2v) is 4.86. The summed E-state index contributed by atoms with van der Waals surface area (Å²) in [4.78, 5) is 2.50. The molecule has 1 atom stereocenters. The Labute approximate surface area is 117 Å². The van der Waals surface area contributed by atoms with E-state index in [1.165, 1.54) is 5.56 Å². The maximum Gasteiger partial charge on any atom is 0.0590 e. The van der Waals surface area contributed by atoms with Crippen molar-refractivity contribution in [2.24, 2.45) is 5.73 Å². The van der Waals surface area contributed by atoms with Crippen molar-refractivity contribution < 1.29 is 4.74 Å². The molecule has 0 bridgehead atoms. The highest BCUT2D eigenvalue weighted by Gasteiger charge is 2.24. The van der Waals surface area contributed by atoms with Crippen molar-refractivity contribution >= 4 is 0 Å². The van der Waals surface area contributed by atoms with E-state index >= 15 is 0 Å². The molecule has 0 aliphatic heterocycles. The Hall–Kier alpha value is -0.900. The van der Waals surface area contributed by atoms with Gasteiger partial charge in [0.2, 0.25) is 0 Å². The van der Waals surface area contributed by atoms with E-state index in [1.54, 1.807) is 7.11 Å². The zero-order valence-electron chi connectivity index (χ0n) is 12.5. The molecule has 1 rings (SSSR count). The lowest BCUT2D eigenvalue weighted by Gasteiger charge is -2.37. The van der Waals surface area contributed by atoms with Gasteiger partial charge in [0, 0.05) is 32.3 Å². The van der Waals surface area contributed by atoms with Crippen molar-refractivity contribution in [1.82, 2.24) is 4.90 Å². The molecule has 108 valence electrons. The van der Waals surface area contributed by atoms with Gasteiger partial charge in [-0.05, 0) is 18.4 Å². The lowest BCUT2D eigenvalue weighted by Crippen LogP contribution is -2.42. The van der Waals surface area contributed by atoms with Crippen molar-refractivity contribution in [1.29, 1.82) is 0 Å². The molecule has 3 heteroatoms. The molecule has 0 saturated carbocycles. The lowest BCUT2D eigenvalue weighted by molar-refractivity contribution is 0.0817. The van der Waals surface area contributed by atoms with E-state index in [2.05, 4.69) is 43.0 Å². The first-order chi connectivity index (χ1) is 9.28. The quantitative estimate of drug-likeness (QED) is 0.745. The maximum absolute atomic E-state index is 6.04. The molecule has 1 unspecified atom stereocenters. The van der Waals surface area contributed by atoms with Crippen molar-refractivity contribution in [3.63, 3.8) is 0 Å². The van der Waals surface area contributed by atoms with E-state index in [1.807, 2.05) is 6.07 Å². The Balaban J connectivity index is 2.91. The van der Waals surface area contributed by atoms with Gasteiger partial charge in [0.15, 0.2) is 0 Å². The van der Waals surface area contributed by atoms with Crippen LogP contribution in [0.1, 0.15) is 38.3 Å². The van der Waals surface area contributed by atoms with E-state index in [-0.39, 0.29) is 6.04 Å². The highest BCUT2D eigenvalue weighted by Crippen LogP contribution is 2.24. The molecule has 0 radical (unpaired) electrons. The molecule has 0 spiro atoms. The number of benzene rings is 1. The van der Waals surface area contributed by atoms with Gasteiger partial charge in [-0.15, -0.1) is 0 Å². The minimum Gasteiger partial charge on any atom is -0.383 e. The summed E-state index contributed by atoms with van der Waals surface area (Å²) in [6, 6.07) is 11.4. The normalized spacial score (nSPS) is 13.2. The lowest BCUT2D eigenvalue weighted by atomic mass is 10.0. The number of hydrogen-bond donors (Lipinski definition) is 1. The number of methoxy groups -OCH3 is 1. The second-order valence-electron chi connectivity index (χ2n) is 4.86. The third-order valence-electron chi connectivity index (χ3n) is 3.77. The van der Waals surface area contributed by atoms with Crippen LogP contribution in [-0.4, -0.2) is 37.7 Å². The SMILES string of the molecule is CCC(CC)N(CCOC)C(CN)c1ccccc1. The molecule has 0 saturated heterocycles. The van der Waals surface area contributed by atoms with Gasteiger partial charge >= 0.3 is 0 Å². The standard InChI is InChI=1S/C16H28N2O/c1-4-15(5-2)18(11-12-19-3)16(13-17)14-9-7-6-8-10-14/h6-10,15-16H,4-5,11-13,17H2,1-3H3. The molecule has 19 heavy (non-hydrogen) atoms. The topological polar surface area (TPSA) is 38.5 Å². The molecule has 0 aliphatic carbocycles. The average Bonchev–Trinajstić information content (AvgIpc) is 2.47. The number of nitrogens with two attached hydrogens (primary N) is 1. The molecular formula is C16H28N2O. The largest absolute Gasteiger partial charge is 0.383 e. The Morgan fingerprint density at radius 1 is 1.16 bits per heavy atom. The van der Waals surface area contributed by atoms with Crippen LogP contribution >= 0.6 is 0 Å². The van der Waals surface area contributed by atoms with Crippen LogP contribution in [0.15, 0.2) is 30.3 Å². The fraction of sp³-hybridized carbons (Fsp3) is 0.625. The molecule has 1 aromatic carbocycles. The first-order valence-electron chi connectivity index (χ1n) is 7.28. The Bertz CT molecular complexity index is 325.